The van der Waals surface area contributed by atoms with Crippen LogP contribution in [-0.4, -0.2) is 52.7 Å². The summed E-state index contributed by atoms with van der Waals surface area (Å²) in [5.41, 5.74) is 0. The highest BCUT2D eigenvalue weighted by molar-refractivity contribution is 5.69. The van der Waals surface area contributed by atoms with Gasteiger partial charge in [-0.25, -0.2) is 0 Å². The monoisotopic (exact) mass is 479 g/mol. The van der Waals surface area contributed by atoms with Crippen LogP contribution in [0.1, 0.15) is 133 Å². The summed E-state index contributed by atoms with van der Waals surface area (Å²) in [5.74, 6) is -0.0913. The number of carbonyl (C=O) groups excluding carboxylic acids is 1. The van der Waals surface area contributed by atoms with E-state index in [0.717, 1.165) is 78.0 Å². The smallest absolute Gasteiger partial charge is 0.305 e. The molecule has 0 aromatic carbocycles. The highest BCUT2D eigenvalue weighted by Gasteiger charge is 2.02. The Morgan fingerprint density at radius 3 is 1.47 bits per heavy atom. The van der Waals surface area contributed by atoms with Crippen LogP contribution in [0.15, 0.2) is 0 Å². The molecule has 5 nitrogen and oxygen atoms in total. The fraction of sp³-hybridized carbons (Fsp3) is 0.963. The quantitative estimate of drug-likeness (QED) is 0.154. The van der Waals surface area contributed by atoms with Crippen molar-refractivity contribution >= 4 is 5.97 Å². The van der Waals surface area contributed by atoms with Gasteiger partial charge in [-0.3, -0.25) is 4.79 Å². The largest absolute Gasteiger partial charge is 0.466 e. The van der Waals surface area contributed by atoms with Gasteiger partial charge >= 0.3 is 5.97 Å². The number of esters is 1. The van der Waals surface area contributed by atoms with Gasteiger partial charge in [0.1, 0.15) is 0 Å². The van der Waals surface area contributed by atoms with E-state index >= 15 is 0 Å². The lowest BCUT2D eigenvalue weighted by Gasteiger charge is -2.06. The van der Waals surface area contributed by atoms with Gasteiger partial charge < -0.3 is 18.9 Å². The molecule has 0 spiro atoms. The Morgan fingerprint density at radius 2 is 0.969 bits per heavy atom. The molecule has 212 valence electrons. The van der Waals surface area contributed by atoms with Gasteiger partial charge in [0.15, 0.2) is 0 Å². The van der Waals surface area contributed by atoms with Crippen molar-refractivity contribution in [3.8, 4) is 0 Å². The first-order valence-electron chi connectivity index (χ1n) is 8.61. The van der Waals surface area contributed by atoms with Crippen molar-refractivity contribution in [3.63, 3.8) is 0 Å². The van der Waals surface area contributed by atoms with E-state index in [1.54, 1.807) is 7.11 Å². The zero-order valence-electron chi connectivity index (χ0n) is 14.4. The van der Waals surface area contributed by atoms with Crippen molar-refractivity contribution in [2.24, 2.45) is 0 Å². The minimum absolute atomic E-state index is 0. The Hall–Kier alpha value is -0.650. The van der Waals surface area contributed by atoms with Gasteiger partial charge in [0.25, 0.3) is 0 Å². The van der Waals surface area contributed by atoms with Crippen LogP contribution in [-0.2, 0) is 23.7 Å². The van der Waals surface area contributed by atoms with Gasteiger partial charge in [-0.1, -0.05) is 87.6 Å². The predicted molar refractivity (Wildman–Crippen MR) is 154 cm³/mol. The van der Waals surface area contributed by atoms with Crippen molar-refractivity contribution in [3.05, 3.63) is 0 Å². The van der Waals surface area contributed by atoms with Crippen molar-refractivity contribution < 1.29 is 23.7 Å². The average Bonchev–Trinajstić information content (AvgIpc) is 2.52. The maximum atomic E-state index is 11.4. The van der Waals surface area contributed by atoms with Gasteiger partial charge in [0.2, 0.25) is 0 Å². The summed E-state index contributed by atoms with van der Waals surface area (Å²) in [6.07, 6.45) is 7.20. The molecular weight excluding hydrogens is 404 g/mol. The summed E-state index contributed by atoms with van der Waals surface area (Å²) in [6.45, 7) is 6.44. The van der Waals surface area contributed by atoms with Crippen LogP contribution in [0.3, 0.4) is 0 Å². The first kappa shape index (κ1) is 69.7. The fourth-order valence-corrected chi connectivity index (χ4v) is 1.87. The van der Waals surface area contributed by atoms with E-state index in [0.29, 0.717) is 13.0 Å². The molecule has 0 aromatic heterocycles. The van der Waals surface area contributed by atoms with E-state index in [9.17, 15) is 4.79 Å². The third-order valence-electron chi connectivity index (χ3n) is 3.10. The molecule has 0 fully saturated rings. The zero-order chi connectivity index (χ0) is 16.3. The van der Waals surface area contributed by atoms with Crippen molar-refractivity contribution in [1.29, 1.82) is 0 Å². The van der Waals surface area contributed by atoms with E-state index < -0.39 is 0 Å². The number of ether oxygens (including phenoxy) is 4. The summed E-state index contributed by atoms with van der Waals surface area (Å²) in [7, 11) is 1.69. The Bertz CT molecular complexity index is 236. The van der Waals surface area contributed by atoms with Crippen LogP contribution in [0, 0.1) is 0 Å². The van der Waals surface area contributed by atoms with Gasteiger partial charge in [-0.05, 0) is 38.5 Å². The molecule has 0 bridgehead atoms. The molecule has 5 heteroatoms. The molecule has 0 radical (unpaired) electrons. The molecule has 0 aliphatic carbocycles. The molecule has 0 heterocycles. The molecule has 0 amide bonds. The number of hydrogen-bond acceptors (Lipinski definition) is 5. The standard InChI is InChI=1S/C17H34O5.10CH4/c1-3-11-20-14-9-15-21-13-7-8-16-22-17(18)10-5-4-6-12-19-2;;;;;;;;;;/h3-16H2,1-2H3;10*1H4. The number of rotatable bonds is 17. The molecule has 32 heavy (non-hydrogen) atoms. The van der Waals surface area contributed by atoms with Gasteiger partial charge in [0, 0.05) is 46.6 Å². The van der Waals surface area contributed by atoms with Gasteiger partial charge in [-0.2, -0.15) is 0 Å². The maximum Gasteiger partial charge on any atom is 0.305 e. The lowest BCUT2D eigenvalue weighted by atomic mass is 10.2. The van der Waals surface area contributed by atoms with Gasteiger partial charge in [-0.15, -0.1) is 0 Å². The molecule has 0 N–H and O–H groups in total. The Kier molecular flexibility index (Phi) is 138. The molecule has 0 rings (SSSR count). The lowest BCUT2D eigenvalue weighted by Crippen LogP contribution is -2.07. The van der Waals surface area contributed by atoms with E-state index in [1.165, 1.54) is 0 Å². The van der Waals surface area contributed by atoms with E-state index in [4.69, 9.17) is 18.9 Å². The Labute approximate surface area is 209 Å². The molecule has 0 aromatic rings. The van der Waals surface area contributed by atoms with Crippen LogP contribution in [0.2, 0.25) is 0 Å². The second-order valence-corrected chi connectivity index (χ2v) is 5.31. The summed E-state index contributed by atoms with van der Waals surface area (Å²) in [6, 6.07) is 0. The molecule has 0 saturated heterocycles. The molecule has 0 aliphatic rings. The third-order valence-corrected chi connectivity index (χ3v) is 3.10. The van der Waals surface area contributed by atoms with E-state index in [-0.39, 0.29) is 80.2 Å². The summed E-state index contributed by atoms with van der Waals surface area (Å²) in [5, 5.41) is 0. The number of unbranched alkanes of at least 4 members (excludes halogenated alkanes) is 3. The topological polar surface area (TPSA) is 54.0 Å². The molecule has 0 saturated carbocycles. The predicted octanol–water partition coefficient (Wildman–Crippen LogP) is 9.71. The van der Waals surface area contributed by atoms with Crippen LogP contribution in [0.4, 0.5) is 0 Å². The minimum atomic E-state index is -0.0913. The summed E-state index contributed by atoms with van der Waals surface area (Å²) in [4.78, 5) is 11.4. The van der Waals surface area contributed by atoms with Crippen molar-refractivity contribution in [2.45, 2.75) is 133 Å². The summed E-state index contributed by atoms with van der Waals surface area (Å²) < 4.78 is 21.0. The molecular formula is C27H74O5. The van der Waals surface area contributed by atoms with Gasteiger partial charge in [0.05, 0.1) is 6.61 Å². The first-order valence-corrected chi connectivity index (χ1v) is 8.61. The molecule has 0 unspecified atom stereocenters. The van der Waals surface area contributed by atoms with E-state index in [2.05, 4.69) is 6.92 Å². The van der Waals surface area contributed by atoms with Crippen LogP contribution in [0.25, 0.3) is 0 Å². The second kappa shape index (κ2) is 63.1. The second-order valence-electron chi connectivity index (χ2n) is 5.31. The Morgan fingerprint density at radius 1 is 0.531 bits per heavy atom. The van der Waals surface area contributed by atoms with Crippen LogP contribution < -0.4 is 0 Å². The number of hydrogen-bond donors (Lipinski definition) is 0. The third kappa shape index (κ3) is 63.0. The summed E-state index contributed by atoms with van der Waals surface area (Å²) >= 11 is 0. The van der Waals surface area contributed by atoms with Crippen molar-refractivity contribution in [1.82, 2.24) is 0 Å². The fourth-order valence-electron chi connectivity index (χ4n) is 1.87. The first-order chi connectivity index (χ1) is 10.8. The van der Waals surface area contributed by atoms with E-state index in [1.807, 2.05) is 0 Å². The maximum absolute atomic E-state index is 11.4. The zero-order valence-corrected chi connectivity index (χ0v) is 14.4. The lowest BCUT2D eigenvalue weighted by molar-refractivity contribution is -0.144. The van der Waals surface area contributed by atoms with Crippen LogP contribution >= 0.6 is 0 Å². The number of carbonyl (C=O) groups is 1. The highest BCUT2D eigenvalue weighted by atomic mass is 16.5. The molecule has 0 aliphatic heterocycles. The SMILES string of the molecule is C.C.C.C.C.C.C.C.C.C.CCCOCCCOCCCCOC(=O)CCCCCOC. The minimum Gasteiger partial charge on any atom is -0.466 e. The normalized spacial score (nSPS) is 7.44. The average molecular weight is 479 g/mol. The molecule has 0 atom stereocenters. The van der Waals surface area contributed by atoms with Crippen LogP contribution in [0.5, 0.6) is 0 Å². The van der Waals surface area contributed by atoms with Crippen molar-refractivity contribution in [2.75, 3.05) is 46.8 Å². The Balaban J connectivity index is -0.0000000490. The highest BCUT2D eigenvalue weighted by Crippen LogP contribution is 2.02. The number of methoxy groups -OCH3 is 1.